The summed E-state index contributed by atoms with van der Waals surface area (Å²) in [6, 6.07) is 1.44. The van der Waals surface area contributed by atoms with Gasteiger partial charge < -0.3 is 4.74 Å². The van der Waals surface area contributed by atoms with E-state index in [1.807, 2.05) is 0 Å². The normalized spacial score (nSPS) is 11.7. The first-order valence-corrected chi connectivity index (χ1v) is 8.59. The van der Waals surface area contributed by atoms with E-state index >= 15 is 0 Å². The number of thiazole rings is 1. The Morgan fingerprint density at radius 1 is 1.18 bits per heavy atom. The SMILES string of the molecule is O=C(Cc1nc(C(F)(F)F)cs1)c1cc(Oc2cncnc2)cn2ncnc12. The first-order chi connectivity index (χ1) is 13.4. The highest BCUT2D eigenvalue weighted by molar-refractivity contribution is 7.09. The molecular weight excluding hydrogens is 397 g/mol. The van der Waals surface area contributed by atoms with Crippen LogP contribution in [0.3, 0.4) is 0 Å². The topological polar surface area (TPSA) is 95.2 Å². The third kappa shape index (κ3) is 3.67. The summed E-state index contributed by atoms with van der Waals surface area (Å²) in [4.78, 5) is 27.9. The van der Waals surface area contributed by atoms with Crippen LogP contribution < -0.4 is 4.74 Å². The van der Waals surface area contributed by atoms with E-state index in [1.165, 1.54) is 41.8 Å². The molecule has 0 spiro atoms. The van der Waals surface area contributed by atoms with Gasteiger partial charge >= 0.3 is 6.18 Å². The standard InChI is InChI=1S/C16H9F3N6O2S/c17-16(18,19)13-6-28-14(24-13)2-12(26)11-1-9(5-25-15(11)22-8-23-25)27-10-3-20-7-21-4-10/h1,3-8H,2H2. The average molecular weight is 406 g/mol. The Bertz CT molecular complexity index is 1140. The van der Waals surface area contributed by atoms with Crippen molar-refractivity contribution in [2.75, 3.05) is 0 Å². The van der Waals surface area contributed by atoms with Crippen LogP contribution in [0.1, 0.15) is 21.1 Å². The van der Waals surface area contributed by atoms with Crippen molar-refractivity contribution in [1.29, 1.82) is 0 Å². The summed E-state index contributed by atoms with van der Waals surface area (Å²) >= 11 is 0.771. The Balaban J connectivity index is 1.64. The summed E-state index contributed by atoms with van der Waals surface area (Å²) in [5.41, 5.74) is -0.612. The van der Waals surface area contributed by atoms with Gasteiger partial charge in [-0.3, -0.25) is 4.79 Å². The number of halogens is 3. The highest BCUT2D eigenvalue weighted by Crippen LogP contribution is 2.30. The number of hydrogen-bond donors (Lipinski definition) is 0. The minimum absolute atomic E-state index is 0.0535. The quantitative estimate of drug-likeness (QED) is 0.470. The van der Waals surface area contributed by atoms with Crippen molar-refractivity contribution in [1.82, 2.24) is 29.5 Å². The smallest absolute Gasteiger partial charge is 0.434 e. The summed E-state index contributed by atoms with van der Waals surface area (Å²) in [5.74, 6) is 0.150. The molecule has 0 aliphatic heterocycles. The van der Waals surface area contributed by atoms with Crippen LogP contribution >= 0.6 is 11.3 Å². The number of nitrogens with zero attached hydrogens (tertiary/aromatic N) is 6. The van der Waals surface area contributed by atoms with Crippen LogP contribution in [0.4, 0.5) is 13.2 Å². The van der Waals surface area contributed by atoms with E-state index in [1.54, 1.807) is 0 Å². The number of ketones is 1. The number of fused-ring (bicyclic) bond motifs is 1. The molecule has 0 saturated heterocycles. The zero-order valence-corrected chi connectivity index (χ0v) is 14.6. The van der Waals surface area contributed by atoms with Gasteiger partial charge in [-0.15, -0.1) is 11.3 Å². The van der Waals surface area contributed by atoms with Gasteiger partial charge in [-0.1, -0.05) is 0 Å². The second kappa shape index (κ2) is 6.96. The number of alkyl halides is 3. The van der Waals surface area contributed by atoms with E-state index < -0.39 is 17.7 Å². The Morgan fingerprint density at radius 2 is 1.96 bits per heavy atom. The molecule has 0 saturated carbocycles. The molecule has 0 radical (unpaired) electrons. The van der Waals surface area contributed by atoms with Gasteiger partial charge in [-0.2, -0.15) is 18.3 Å². The number of carbonyl (C=O) groups excluding carboxylic acids is 1. The van der Waals surface area contributed by atoms with Crippen molar-refractivity contribution >= 4 is 22.8 Å². The largest absolute Gasteiger partial charge is 0.452 e. The highest BCUT2D eigenvalue weighted by atomic mass is 32.1. The molecule has 4 aromatic rings. The molecule has 4 heterocycles. The number of rotatable bonds is 5. The van der Waals surface area contributed by atoms with Crippen LogP contribution in [0.15, 0.2) is 42.7 Å². The lowest BCUT2D eigenvalue weighted by atomic mass is 10.1. The molecule has 28 heavy (non-hydrogen) atoms. The number of carbonyl (C=O) groups is 1. The second-order valence-electron chi connectivity index (χ2n) is 5.52. The van der Waals surface area contributed by atoms with E-state index in [4.69, 9.17) is 4.74 Å². The van der Waals surface area contributed by atoms with E-state index in [0.717, 1.165) is 16.7 Å². The fraction of sp³-hybridized carbons (Fsp3) is 0.125. The van der Waals surface area contributed by atoms with Gasteiger partial charge in [0, 0.05) is 5.38 Å². The molecule has 8 nitrogen and oxygen atoms in total. The predicted octanol–water partition coefficient (Wildman–Crippen LogP) is 3.21. The lowest BCUT2D eigenvalue weighted by Crippen LogP contribution is -2.09. The maximum atomic E-state index is 12.7. The lowest BCUT2D eigenvalue weighted by molar-refractivity contribution is -0.140. The number of Topliss-reactive ketones (excluding diaryl/α,β-unsaturated/α-hetero) is 1. The maximum Gasteiger partial charge on any atom is 0.434 e. The second-order valence-corrected chi connectivity index (χ2v) is 6.46. The minimum atomic E-state index is -4.55. The van der Waals surface area contributed by atoms with Gasteiger partial charge in [0.2, 0.25) is 0 Å². The van der Waals surface area contributed by atoms with Gasteiger partial charge in [-0.05, 0) is 6.07 Å². The van der Waals surface area contributed by atoms with Gasteiger partial charge in [0.15, 0.2) is 22.9 Å². The predicted molar refractivity (Wildman–Crippen MR) is 90.2 cm³/mol. The Morgan fingerprint density at radius 3 is 2.68 bits per heavy atom. The maximum absolute atomic E-state index is 12.7. The molecule has 142 valence electrons. The molecule has 0 aliphatic rings. The number of aromatic nitrogens is 6. The van der Waals surface area contributed by atoms with Crippen LogP contribution in [0, 0.1) is 0 Å². The summed E-state index contributed by atoms with van der Waals surface area (Å²) < 4.78 is 45.1. The van der Waals surface area contributed by atoms with E-state index in [9.17, 15) is 18.0 Å². The van der Waals surface area contributed by atoms with Gasteiger partial charge in [0.25, 0.3) is 0 Å². The fourth-order valence-corrected chi connectivity index (χ4v) is 3.19. The molecule has 0 aromatic carbocycles. The first-order valence-electron chi connectivity index (χ1n) is 7.71. The molecule has 0 N–H and O–H groups in total. The first kappa shape index (κ1) is 18.0. The van der Waals surface area contributed by atoms with E-state index in [-0.39, 0.29) is 28.4 Å². The molecular formula is C16H9F3N6O2S. The minimum Gasteiger partial charge on any atom is -0.452 e. The van der Waals surface area contributed by atoms with Gasteiger partial charge in [0.05, 0.1) is 30.6 Å². The number of ether oxygens (including phenoxy) is 1. The van der Waals surface area contributed by atoms with Crippen molar-refractivity contribution in [3.05, 3.63) is 59.0 Å². The van der Waals surface area contributed by atoms with Crippen molar-refractivity contribution in [2.45, 2.75) is 12.6 Å². The Labute approximate surface area is 158 Å². The van der Waals surface area contributed by atoms with Crippen LogP contribution in [0.25, 0.3) is 5.65 Å². The summed E-state index contributed by atoms with van der Waals surface area (Å²) in [7, 11) is 0. The molecule has 4 rings (SSSR count). The van der Waals surface area contributed by atoms with Crippen molar-refractivity contribution in [3.63, 3.8) is 0 Å². The third-order valence-corrected chi connectivity index (χ3v) is 4.43. The molecule has 0 aliphatic carbocycles. The average Bonchev–Trinajstić information content (AvgIpc) is 3.30. The molecule has 0 fully saturated rings. The van der Waals surface area contributed by atoms with Crippen molar-refractivity contribution < 1.29 is 22.7 Å². The van der Waals surface area contributed by atoms with Crippen LogP contribution in [-0.4, -0.2) is 35.3 Å². The van der Waals surface area contributed by atoms with Gasteiger partial charge in [0.1, 0.15) is 23.4 Å². The highest BCUT2D eigenvalue weighted by Gasteiger charge is 2.34. The molecule has 0 amide bonds. The summed E-state index contributed by atoms with van der Waals surface area (Å²) in [5, 5.41) is 4.92. The van der Waals surface area contributed by atoms with Crippen molar-refractivity contribution in [3.8, 4) is 11.5 Å². The molecule has 4 aromatic heterocycles. The monoisotopic (exact) mass is 406 g/mol. The van der Waals surface area contributed by atoms with E-state index in [2.05, 4.69) is 25.0 Å². The molecule has 0 atom stereocenters. The van der Waals surface area contributed by atoms with Crippen molar-refractivity contribution in [2.24, 2.45) is 0 Å². The zero-order chi connectivity index (χ0) is 19.7. The lowest BCUT2D eigenvalue weighted by Gasteiger charge is -2.08. The molecule has 0 bridgehead atoms. The van der Waals surface area contributed by atoms with Gasteiger partial charge in [-0.25, -0.2) is 24.5 Å². The number of hydrogen-bond acceptors (Lipinski definition) is 8. The fourth-order valence-electron chi connectivity index (χ4n) is 2.39. The van der Waals surface area contributed by atoms with E-state index in [0.29, 0.717) is 5.75 Å². The molecule has 12 heteroatoms. The third-order valence-electron chi connectivity index (χ3n) is 3.58. The summed E-state index contributed by atoms with van der Waals surface area (Å²) in [6.07, 6.45) is 2.13. The number of pyridine rings is 1. The Kier molecular flexibility index (Phi) is 4.47. The van der Waals surface area contributed by atoms with Crippen LogP contribution in [0.2, 0.25) is 0 Å². The Hall–Kier alpha value is -3.41. The zero-order valence-electron chi connectivity index (χ0n) is 13.8. The van der Waals surface area contributed by atoms with Crippen LogP contribution in [0.5, 0.6) is 11.5 Å². The summed E-state index contributed by atoms with van der Waals surface area (Å²) in [6.45, 7) is 0. The van der Waals surface area contributed by atoms with Crippen LogP contribution in [-0.2, 0) is 12.6 Å². The molecule has 0 unspecified atom stereocenters.